The third-order valence-electron chi connectivity index (χ3n) is 2.96. The van der Waals surface area contributed by atoms with E-state index in [1.165, 1.54) is 4.88 Å². The third kappa shape index (κ3) is 3.11. The minimum Gasteiger partial charge on any atom is -0.267 e. The van der Waals surface area contributed by atoms with Gasteiger partial charge in [-0.05, 0) is 37.3 Å². The van der Waals surface area contributed by atoms with Gasteiger partial charge in [0.15, 0.2) is 0 Å². The number of hydrazone groups is 1. The average molecular weight is 292 g/mol. The monoisotopic (exact) mass is 292 g/mol. The van der Waals surface area contributed by atoms with E-state index in [4.69, 9.17) is 0 Å². The Kier molecular flexibility index (Phi) is 4.50. The topological polar surface area (TPSA) is 41.5 Å². The molecular formula is C14H16N2OS2. The van der Waals surface area contributed by atoms with Gasteiger partial charge in [0.2, 0.25) is 0 Å². The Morgan fingerprint density at radius 1 is 1.37 bits per heavy atom. The van der Waals surface area contributed by atoms with Crippen LogP contribution >= 0.6 is 22.7 Å². The highest BCUT2D eigenvalue weighted by Crippen LogP contribution is 2.20. The predicted molar refractivity (Wildman–Crippen MR) is 82.4 cm³/mol. The Morgan fingerprint density at radius 2 is 2.16 bits per heavy atom. The fraction of sp³-hybridized carbons (Fsp3) is 0.286. The van der Waals surface area contributed by atoms with Crippen LogP contribution in [0.4, 0.5) is 0 Å². The number of aryl methyl sites for hydroxylation is 1. The normalized spacial score (nSPS) is 11.6. The summed E-state index contributed by atoms with van der Waals surface area (Å²) in [5.41, 5.74) is 5.31. The standard InChI is InChI=1S/C14H16N2OS2/c1-4-12(13-6-5-7-18-13)15-16-14(17)11-8-19-10(3)9(11)2/h5-8H,4H2,1-3H3,(H,16,17)/b15-12-. The van der Waals surface area contributed by atoms with E-state index in [0.29, 0.717) is 5.56 Å². The van der Waals surface area contributed by atoms with E-state index < -0.39 is 0 Å². The zero-order valence-electron chi connectivity index (χ0n) is 11.2. The zero-order chi connectivity index (χ0) is 13.8. The number of carbonyl (C=O) groups excluding carboxylic acids is 1. The van der Waals surface area contributed by atoms with Crippen molar-refractivity contribution in [2.75, 3.05) is 0 Å². The van der Waals surface area contributed by atoms with E-state index in [2.05, 4.69) is 10.5 Å². The van der Waals surface area contributed by atoms with Crippen LogP contribution in [0, 0.1) is 13.8 Å². The van der Waals surface area contributed by atoms with Gasteiger partial charge in [0.25, 0.3) is 5.91 Å². The minimum atomic E-state index is -0.135. The second kappa shape index (κ2) is 6.12. The number of nitrogens with zero attached hydrogens (tertiary/aromatic N) is 1. The summed E-state index contributed by atoms with van der Waals surface area (Å²) in [7, 11) is 0. The Hall–Kier alpha value is -1.46. The molecule has 0 atom stereocenters. The van der Waals surface area contributed by atoms with Gasteiger partial charge in [-0.25, -0.2) is 5.43 Å². The highest BCUT2D eigenvalue weighted by Gasteiger charge is 2.12. The van der Waals surface area contributed by atoms with Crippen LogP contribution in [0.2, 0.25) is 0 Å². The predicted octanol–water partition coefficient (Wildman–Crippen LogP) is 3.97. The molecule has 0 radical (unpaired) electrons. The van der Waals surface area contributed by atoms with Gasteiger partial charge in [-0.2, -0.15) is 5.10 Å². The molecule has 1 N–H and O–H groups in total. The lowest BCUT2D eigenvalue weighted by atomic mass is 10.2. The molecule has 2 aromatic rings. The van der Waals surface area contributed by atoms with Crippen LogP contribution in [0.25, 0.3) is 0 Å². The molecule has 5 heteroatoms. The Balaban J connectivity index is 2.13. The maximum Gasteiger partial charge on any atom is 0.272 e. The summed E-state index contributed by atoms with van der Waals surface area (Å²) in [5.74, 6) is -0.135. The van der Waals surface area contributed by atoms with E-state index in [1.807, 2.05) is 43.7 Å². The molecule has 0 saturated carbocycles. The first-order valence-corrected chi connectivity index (χ1v) is 7.84. The van der Waals surface area contributed by atoms with E-state index in [0.717, 1.165) is 22.6 Å². The number of hydrogen-bond acceptors (Lipinski definition) is 4. The van der Waals surface area contributed by atoms with Gasteiger partial charge >= 0.3 is 0 Å². The molecule has 0 aliphatic rings. The van der Waals surface area contributed by atoms with Crippen LogP contribution in [-0.4, -0.2) is 11.6 Å². The van der Waals surface area contributed by atoms with E-state index >= 15 is 0 Å². The second-order valence-electron chi connectivity index (χ2n) is 4.16. The minimum absolute atomic E-state index is 0.135. The van der Waals surface area contributed by atoms with Crippen LogP contribution in [-0.2, 0) is 0 Å². The molecule has 0 saturated heterocycles. The molecule has 3 nitrogen and oxygen atoms in total. The molecule has 100 valence electrons. The quantitative estimate of drug-likeness (QED) is 0.672. The van der Waals surface area contributed by atoms with E-state index in [9.17, 15) is 4.79 Å². The van der Waals surface area contributed by atoms with Crippen molar-refractivity contribution in [1.82, 2.24) is 5.43 Å². The van der Waals surface area contributed by atoms with Crippen molar-refractivity contribution in [3.63, 3.8) is 0 Å². The summed E-state index contributed by atoms with van der Waals surface area (Å²) in [6.45, 7) is 6.01. The lowest BCUT2D eigenvalue weighted by Gasteiger charge is -2.03. The zero-order valence-corrected chi connectivity index (χ0v) is 12.8. The average Bonchev–Trinajstić information content (AvgIpc) is 3.02. The van der Waals surface area contributed by atoms with Crippen molar-refractivity contribution in [1.29, 1.82) is 0 Å². The van der Waals surface area contributed by atoms with Crippen molar-refractivity contribution in [3.8, 4) is 0 Å². The Labute approximate surface area is 121 Å². The number of thiophene rings is 2. The number of rotatable bonds is 4. The SMILES string of the molecule is CC/C(=N/NC(=O)c1csc(C)c1C)c1cccs1. The van der Waals surface area contributed by atoms with Gasteiger partial charge < -0.3 is 0 Å². The molecule has 19 heavy (non-hydrogen) atoms. The van der Waals surface area contributed by atoms with Crippen molar-refractivity contribution in [2.24, 2.45) is 5.10 Å². The molecule has 0 aromatic carbocycles. The van der Waals surface area contributed by atoms with Gasteiger partial charge in [-0.15, -0.1) is 22.7 Å². The van der Waals surface area contributed by atoms with E-state index in [-0.39, 0.29) is 5.91 Å². The van der Waals surface area contributed by atoms with Crippen LogP contribution in [0.1, 0.15) is 39.0 Å². The molecule has 0 fully saturated rings. The highest BCUT2D eigenvalue weighted by atomic mass is 32.1. The van der Waals surface area contributed by atoms with Crippen LogP contribution in [0.15, 0.2) is 28.0 Å². The maximum atomic E-state index is 12.1. The summed E-state index contributed by atoms with van der Waals surface area (Å²) in [6, 6.07) is 4.00. The summed E-state index contributed by atoms with van der Waals surface area (Å²) in [6.07, 6.45) is 0.794. The number of amides is 1. The molecule has 2 rings (SSSR count). The fourth-order valence-electron chi connectivity index (χ4n) is 1.67. The maximum absolute atomic E-state index is 12.1. The summed E-state index contributed by atoms with van der Waals surface area (Å²) >= 11 is 3.22. The van der Waals surface area contributed by atoms with Gasteiger partial charge in [0.1, 0.15) is 0 Å². The van der Waals surface area contributed by atoms with Gasteiger partial charge in [0, 0.05) is 10.3 Å². The number of carbonyl (C=O) groups is 1. The first-order valence-electron chi connectivity index (χ1n) is 6.09. The second-order valence-corrected chi connectivity index (χ2v) is 6.19. The first kappa shape index (κ1) is 14.0. The molecule has 1 amide bonds. The summed E-state index contributed by atoms with van der Waals surface area (Å²) in [5, 5.41) is 8.13. The lowest BCUT2D eigenvalue weighted by Crippen LogP contribution is -2.20. The Morgan fingerprint density at radius 3 is 2.68 bits per heavy atom. The van der Waals surface area contributed by atoms with Crippen LogP contribution < -0.4 is 5.43 Å². The van der Waals surface area contributed by atoms with Crippen molar-refractivity contribution in [2.45, 2.75) is 27.2 Å². The molecule has 2 aromatic heterocycles. The van der Waals surface area contributed by atoms with E-state index in [1.54, 1.807) is 22.7 Å². The third-order valence-corrected chi connectivity index (χ3v) is 4.90. The molecule has 2 heterocycles. The van der Waals surface area contributed by atoms with Crippen molar-refractivity contribution >= 4 is 34.3 Å². The van der Waals surface area contributed by atoms with Crippen molar-refractivity contribution in [3.05, 3.63) is 43.8 Å². The largest absolute Gasteiger partial charge is 0.272 e. The molecular weight excluding hydrogens is 276 g/mol. The molecule has 0 aliphatic heterocycles. The van der Waals surface area contributed by atoms with Crippen molar-refractivity contribution < 1.29 is 4.79 Å². The highest BCUT2D eigenvalue weighted by molar-refractivity contribution is 7.12. The van der Waals surface area contributed by atoms with Crippen LogP contribution in [0.3, 0.4) is 0 Å². The number of hydrogen-bond donors (Lipinski definition) is 1. The van der Waals surface area contributed by atoms with Gasteiger partial charge in [-0.3, -0.25) is 4.79 Å². The summed E-state index contributed by atoms with van der Waals surface area (Å²) in [4.78, 5) is 14.3. The van der Waals surface area contributed by atoms with Gasteiger partial charge in [0.05, 0.1) is 16.2 Å². The Bertz CT molecular complexity index is 597. The number of nitrogens with one attached hydrogen (secondary N) is 1. The lowest BCUT2D eigenvalue weighted by molar-refractivity contribution is 0.0954. The molecule has 0 spiro atoms. The smallest absolute Gasteiger partial charge is 0.267 e. The first-order chi connectivity index (χ1) is 9.13. The summed E-state index contributed by atoms with van der Waals surface area (Å²) < 4.78 is 0. The van der Waals surface area contributed by atoms with Gasteiger partial charge in [-0.1, -0.05) is 13.0 Å². The van der Waals surface area contributed by atoms with Crippen LogP contribution in [0.5, 0.6) is 0 Å². The molecule has 0 aliphatic carbocycles. The fourth-order valence-corrected chi connectivity index (χ4v) is 3.32. The molecule has 0 unspecified atom stereocenters. The molecule has 0 bridgehead atoms.